The van der Waals surface area contributed by atoms with Gasteiger partial charge in [-0.2, -0.15) is 0 Å². The Balaban J connectivity index is 1.96. The minimum absolute atomic E-state index is 0.584. The van der Waals surface area contributed by atoms with Crippen molar-refractivity contribution in [3.05, 3.63) is 29.6 Å². The van der Waals surface area contributed by atoms with Gasteiger partial charge in [0.25, 0.3) is 0 Å². The van der Waals surface area contributed by atoms with Gasteiger partial charge in [-0.05, 0) is 37.1 Å². The van der Waals surface area contributed by atoms with Crippen LogP contribution in [0, 0.1) is 0 Å². The second kappa shape index (κ2) is 5.97. The van der Waals surface area contributed by atoms with Crippen LogP contribution in [0.1, 0.15) is 36.8 Å². The first-order valence-electron chi connectivity index (χ1n) is 6.24. The van der Waals surface area contributed by atoms with Crippen LogP contribution in [-0.4, -0.2) is 23.0 Å². The van der Waals surface area contributed by atoms with Crippen LogP contribution < -0.4 is 5.73 Å². The van der Waals surface area contributed by atoms with Gasteiger partial charge in [0.05, 0.1) is 0 Å². The third-order valence-electron chi connectivity index (χ3n) is 3.19. The molecule has 2 rings (SSSR count). The fraction of sp³-hybridized carbons (Fsp3) is 0.615. The summed E-state index contributed by atoms with van der Waals surface area (Å²) in [6.45, 7) is 4.07. The fourth-order valence-electron chi connectivity index (χ4n) is 2.29. The van der Waals surface area contributed by atoms with Gasteiger partial charge in [-0.1, -0.05) is 18.9 Å². The van der Waals surface area contributed by atoms with Gasteiger partial charge < -0.3 is 5.73 Å². The Morgan fingerprint density at radius 1 is 1.06 bits per heavy atom. The number of nitrogens with two attached hydrogens (primary N) is 1. The molecule has 1 aromatic heterocycles. The predicted octanol–water partition coefficient (Wildman–Crippen LogP) is 1.92. The van der Waals surface area contributed by atoms with E-state index in [0.29, 0.717) is 6.54 Å². The summed E-state index contributed by atoms with van der Waals surface area (Å²) in [7, 11) is 0. The summed E-state index contributed by atoms with van der Waals surface area (Å²) in [5.41, 5.74) is 8.05. The molecule has 3 nitrogen and oxygen atoms in total. The maximum Gasteiger partial charge on any atom is 0.0313 e. The molecule has 0 atom stereocenters. The molecule has 0 radical (unpaired) electrons. The molecule has 3 heteroatoms. The molecule has 88 valence electrons. The van der Waals surface area contributed by atoms with E-state index >= 15 is 0 Å². The number of rotatable bonds is 3. The lowest BCUT2D eigenvalue weighted by molar-refractivity contribution is 0.276. The van der Waals surface area contributed by atoms with Crippen LogP contribution in [0.2, 0.25) is 0 Å². The highest BCUT2D eigenvalue weighted by Gasteiger charge is 2.09. The van der Waals surface area contributed by atoms with Crippen LogP contribution in [0.25, 0.3) is 0 Å². The highest BCUT2D eigenvalue weighted by Crippen LogP contribution is 2.13. The zero-order valence-electron chi connectivity index (χ0n) is 9.86. The molecule has 1 aliphatic heterocycles. The maximum absolute atomic E-state index is 5.62. The normalized spacial score (nSPS) is 18.3. The largest absolute Gasteiger partial charge is 0.326 e. The smallest absolute Gasteiger partial charge is 0.0313 e. The zero-order chi connectivity index (χ0) is 11.2. The molecule has 1 aromatic rings. The predicted molar refractivity (Wildman–Crippen MR) is 65.9 cm³/mol. The van der Waals surface area contributed by atoms with Gasteiger partial charge in [-0.15, -0.1) is 0 Å². The monoisotopic (exact) mass is 219 g/mol. The molecular weight excluding hydrogens is 198 g/mol. The van der Waals surface area contributed by atoms with Gasteiger partial charge in [-0.25, -0.2) is 0 Å². The Hall–Kier alpha value is -0.930. The highest BCUT2D eigenvalue weighted by molar-refractivity contribution is 5.17. The minimum Gasteiger partial charge on any atom is -0.326 e. The van der Waals surface area contributed by atoms with Crippen LogP contribution in [0.4, 0.5) is 0 Å². The summed E-state index contributed by atoms with van der Waals surface area (Å²) in [5.74, 6) is 0. The Morgan fingerprint density at radius 3 is 2.44 bits per heavy atom. The Morgan fingerprint density at radius 2 is 1.75 bits per heavy atom. The first-order chi connectivity index (χ1) is 7.88. The molecule has 1 aliphatic rings. The topological polar surface area (TPSA) is 42.1 Å². The molecule has 16 heavy (non-hydrogen) atoms. The van der Waals surface area contributed by atoms with Gasteiger partial charge in [0.2, 0.25) is 0 Å². The van der Waals surface area contributed by atoms with Crippen molar-refractivity contribution in [2.45, 2.75) is 38.8 Å². The van der Waals surface area contributed by atoms with Crippen molar-refractivity contribution in [1.29, 1.82) is 0 Å². The van der Waals surface area contributed by atoms with Crippen LogP contribution in [0.5, 0.6) is 0 Å². The van der Waals surface area contributed by atoms with Crippen LogP contribution >= 0.6 is 0 Å². The first kappa shape index (κ1) is 11.6. The van der Waals surface area contributed by atoms with Crippen molar-refractivity contribution in [2.75, 3.05) is 13.1 Å². The molecule has 0 spiro atoms. The average molecular weight is 219 g/mol. The number of hydrogen-bond acceptors (Lipinski definition) is 3. The van der Waals surface area contributed by atoms with Gasteiger partial charge >= 0.3 is 0 Å². The second-order valence-electron chi connectivity index (χ2n) is 4.60. The summed E-state index contributed by atoms with van der Waals surface area (Å²) < 4.78 is 0. The maximum atomic E-state index is 5.62. The van der Waals surface area contributed by atoms with E-state index < -0.39 is 0 Å². The second-order valence-corrected chi connectivity index (χ2v) is 4.60. The highest BCUT2D eigenvalue weighted by atomic mass is 15.1. The summed E-state index contributed by atoms with van der Waals surface area (Å²) in [4.78, 5) is 6.77. The summed E-state index contributed by atoms with van der Waals surface area (Å²) in [6, 6.07) is 2.18. The van der Waals surface area contributed by atoms with Crippen molar-refractivity contribution in [1.82, 2.24) is 9.88 Å². The van der Waals surface area contributed by atoms with Crippen LogP contribution in [0.3, 0.4) is 0 Å². The Labute approximate surface area is 97.7 Å². The quantitative estimate of drug-likeness (QED) is 0.844. The molecule has 2 N–H and O–H groups in total. The molecular formula is C13H21N3. The molecule has 0 amide bonds. The lowest BCUT2D eigenvalue weighted by Crippen LogP contribution is -2.24. The van der Waals surface area contributed by atoms with Gasteiger partial charge in [0.1, 0.15) is 0 Å². The van der Waals surface area contributed by atoms with Crippen molar-refractivity contribution in [3.63, 3.8) is 0 Å². The molecule has 1 saturated heterocycles. The number of nitrogens with zero attached hydrogens (tertiary/aromatic N) is 2. The third-order valence-corrected chi connectivity index (χ3v) is 3.19. The standard InChI is InChI=1S/C13H21N3/c14-8-12-7-13(10-15-9-12)11-16-5-3-1-2-4-6-16/h7,9-10H,1-6,8,11,14H2. The van der Waals surface area contributed by atoms with Gasteiger partial charge in [-0.3, -0.25) is 9.88 Å². The Bertz CT molecular complexity index is 317. The SMILES string of the molecule is NCc1cncc(CN2CCCCCC2)c1. The van der Waals surface area contributed by atoms with Crippen molar-refractivity contribution < 1.29 is 0 Å². The molecule has 0 aromatic carbocycles. The van der Waals surface area contributed by atoms with Gasteiger partial charge in [0, 0.05) is 25.5 Å². The molecule has 0 saturated carbocycles. The molecule has 2 heterocycles. The van der Waals surface area contributed by atoms with Crippen molar-refractivity contribution in [3.8, 4) is 0 Å². The fourth-order valence-corrected chi connectivity index (χ4v) is 2.29. The number of pyridine rings is 1. The van der Waals surface area contributed by atoms with Crippen molar-refractivity contribution in [2.24, 2.45) is 5.73 Å². The minimum atomic E-state index is 0.584. The molecule has 0 bridgehead atoms. The van der Waals surface area contributed by atoms with Crippen LogP contribution in [0.15, 0.2) is 18.5 Å². The summed E-state index contributed by atoms with van der Waals surface area (Å²) >= 11 is 0. The van der Waals surface area contributed by atoms with Crippen LogP contribution in [-0.2, 0) is 13.1 Å². The van der Waals surface area contributed by atoms with E-state index in [-0.39, 0.29) is 0 Å². The van der Waals surface area contributed by atoms with E-state index in [4.69, 9.17) is 5.73 Å². The zero-order valence-corrected chi connectivity index (χ0v) is 9.86. The van der Waals surface area contributed by atoms with E-state index in [1.54, 1.807) is 0 Å². The molecule has 1 fully saturated rings. The number of likely N-dealkylation sites (tertiary alicyclic amines) is 1. The first-order valence-corrected chi connectivity index (χ1v) is 6.24. The van der Waals surface area contributed by atoms with E-state index in [0.717, 1.165) is 12.1 Å². The lowest BCUT2D eigenvalue weighted by atomic mass is 10.2. The average Bonchev–Trinajstić information content (AvgIpc) is 2.58. The van der Waals surface area contributed by atoms with E-state index in [9.17, 15) is 0 Å². The number of hydrogen-bond donors (Lipinski definition) is 1. The van der Waals surface area contributed by atoms with E-state index in [1.165, 1.54) is 44.3 Å². The van der Waals surface area contributed by atoms with Gasteiger partial charge in [0.15, 0.2) is 0 Å². The molecule has 0 unspecified atom stereocenters. The van der Waals surface area contributed by atoms with E-state index in [2.05, 4.69) is 16.0 Å². The van der Waals surface area contributed by atoms with Crippen molar-refractivity contribution >= 4 is 0 Å². The van der Waals surface area contributed by atoms with E-state index in [1.807, 2.05) is 12.4 Å². The molecule has 0 aliphatic carbocycles. The lowest BCUT2D eigenvalue weighted by Gasteiger charge is -2.19. The number of aromatic nitrogens is 1. The summed E-state index contributed by atoms with van der Waals surface area (Å²) in [5, 5.41) is 0. The Kier molecular flexibility index (Phi) is 4.31. The third kappa shape index (κ3) is 3.29. The summed E-state index contributed by atoms with van der Waals surface area (Å²) in [6.07, 6.45) is 9.26.